The summed E-state index contributed by atoms with van der Waals surface area (Å²) in [5.74, 6) is -0.473. The predicted octanol–water partition coefficient (Wildman–Crippen LogP) is 1.53. The molecular weight excluding hydrogens is 209 g/mol. The van der Waals surface area contributed by atoms with E-state index in [1.54, 1.807) is 6.92 Å². The topological polar surface area (TPSA) is 46.3 Å². The van der Waals surface area contributed by atoms with Crippen molar-refractivity contribution in [2.45, 2.75) is 32.4 Å². The highest BCUT2D eigenvalue weighted by atomic mass is 19.4. The fraction of sp³-hybridized carbons (Fsp3) is 0.889. The van der Waals surface area contributed by atoms with Crippen molar-refractivity contribution in [2.24, 2.45) is 5.73 Å². The summed E-state index contributed by atoms with van der Waals surface area (Å²) in [5.41, 5.74) is 5.19. The fourth-order valence-electron chi connectivity index (χ4n) is 1.19. The molecule has 2 N–H and O–H groups in total. The Kier molecular flexibility index (Phi) is 6.31. The van der Waals surface area contributed by atoms with Gasteiger partial charge in [-0.05, 0) is 19.4 Å². The number of hydrogen-bond acceptors (Lipinski definition) is 2. The van der Waals surface area contributed by atoms with Gasteiger partial charge in [0.15, 0.2) is 0 Å². The first-order valence-corrected chi connectivity index (χ1v) is 4.95. The summed E-state index contributed by atoms with van der Waals surface area (Å²) in [5, 5.41) is 0. The monoisotopic (exact) mass is 226 g/mol. The van der Waals surface area contributed by atoms with Gasteiger partial charge in [-0.1, -0.05) is 6.92 Å². The molecule has 0 rings (SSSR count). The Morgan fingerprint density at radius 1 is 1.40 bits per heavy atom. The lowest BCUT2D eigenvalue weighted by Gasteiger charge is -2.23. The van der Waals surface area contributed by atoms with Gasteiger partial charge in [0.1, 0.15) is 6.54 Å². The van der Waals surface area contributed by atoms with Crippen LogP contribution in [0.15, 0.2) is 0 Å². The molecule has 0 radical (unpaired) electrons. The van der Waals surface area contributed by atoms with Gasteiger partial charge < -0.3 is 10.6 Å². The Bertz CT molecular complexity index is 194. The number of alkyl halides is 3. The van der Waals surface area contributed by atoms with Crippen molar-refractivity contribution in [1.82, 2.24) is 4.90 Å². The Morgan fingerprint density at radius 3 is 2.40 bits per heavy atom. The van der Waals surface area contributed by atoms with Gasteiger partial charge in [-0.15, -0.1) is 0 Å². The maximum absolute atomic E-state index is 12.1. The first-order valence-electron chi connectivity index (χ1n) is 4.95. The third kappa shape index (κ3) is 7.18. The van der Waals surface area contributed by atoms with E-state index in [9.17, 15) is 18.0 Å². The lowest BCUT2D eigenvalue weighted by Crippen LogP contribution is -2.39. The van der Waals surface area contributed by atoms with Crippen molar-refractivity contribution in [1.29, 1.82) is 0 Å². The van der Waals surface area contributed by atoms with E-state index in [1.165, 1.54) is 0 Å². The van der Waals surface area contributed by atoms with Crippen LogP contribution in [-0.4, -0.2) is 36.6 Å². The predicted molar refractivity (Wildman–Crippen MR) is 51.2 cm³/mol. The molecule has 0 saturated carbocycles. The first-order chi connectivity index (χ1) is 6.90. The average Bonchev–Trinajstić information content (AvgIpc) is 2.11. The lowest BCUT2D eigenvalue weighted by atomic mass is 10.2. The summed E-state index contributed by atoms with van der Waals surface area (Å²) >= 11 is 0. The summed E-state index contributed by atoms with van der Waals surface area (Å²) in [7, 11) is 0. The Balaban J connectivity index is 4.18. The molecule has 1 amide bonds. The van der Waals surface area contributed by atoms with Crippen LogP contribution < -0.4 is 5.73 Å². The van der Waals surface area contributed by atoms with E-state index in [1.807, 2.05) is 0 Å². The normalized spacial score (nSPS) is 11.5. The Hall–Kier alpha value is -0.780. The fourth-order valence-corrected chi connectivity index (χ4v) is 1.19. The number of hydrogen-bond donors (Lipinski definition) is 1. The highest BCUT2D eigenvalue weighted by molar-refractivity contribution is 5.76. The molecule has 0 saturated heterocycles. The molecule has 90 valence electrons. The van der Waals surface area contributed by atoms with E-state index >= 15 is 0 Å². The molecule has 0 aromatic heterocycles. The summed E-state index contributed by atoms with van der Waals surface area (Å²) in [4.78, 5) is 12.2. The van der Waals surface area contributed by atoms with Crippen molar-refractivity contribution in [2.75, 3.05) is 19.6 Å². The number of carbonyl (C=O) groups excluding carboxylic acids is 1. The molecule has 15 heavy (non-hydrogen) atoms. The largest absolute Gasteiger partial charge is 0.406 e. The minimum absolute atomic E-state index is 0.0899. The molecular formula is C9H17F3N2O. The number of halogens is 3. The average molecular weight is 226 g/mol. The van der Waals surface area contributed by atoms with E-state index in [4.69, 9.17) is 5.73 Å². The van der Waals surface area contributed by atoms with Crippen LogP contribution in [0.25, 0.3) is 0 Å². The van der Waals surface area contributed by atoms with Gasteiger partial charge in [0.05, 0.1) is 0 Å². The van der Waals surface area contributed by atoms with Crippen molar-refractivity contribution >= 4 is 5.91 Å². The number of rotatable bonds is 6. The van der Waals surface area contributed by atoms with Crippen molar-refractivity contribution in [3.63, 3.8) is 0 Å². The van der Waals surface area contributed by atoms with Crippen LogP contribution in [-0.2, 0) is 4.79 Å². The van der Waals surface area contributed by atoms with Crippen LogP contribution in [0.2, 0.25) is 0 Å². The molecule has 0 aliphatic rings. The molecule has 0 fully saturated rings. The second kappa shape index (κ2) is 6.66. The number of nitrogens with two attached hydrogens (primary N) is 1. The molecule has 0 spiro atoms. The molecule has 6 heteroatoms. The highest BCUT2D eigenvalue weighted by Gasteiger charge is 2.32. The number of nitrogens with zero attached hydrogens (tertiary/aromatic N) is 1. The van der Waals surface area contributed by atoms with Gasteiger partial charge in [-0.3, -0.25) is 4.79 Å². The summed E-state index contributed by atoms with van der Waals surface area (Å²) < 4.78 is 36.3. The first kappa shape index (κ1) is 14.2. The van der Waals surface area contributed by atoms with Crippen LogP contribution in [0.1, 0.15) is 26.2 Å². The van der Waals surface area contributed by atoms with Crippen LogP contribution in [0, 0.1) is 0 Å². The van der Waals surface area contributed by atoms with Crippen molar-refractivity contribution in [3.05, 3.63) is 0 Å². The maximum Gasteiger partial charge on any atom is 0.406 e. The van der Waals surface area contributed by atoms with Crippen molar-refractivity contribution < 1.29 is 18.0 Å². The second-order valence-electron chi connectivity index (χ2n) is 3.32. The smallest absolute Gasteiger partial charge is 0.334 e. The minimum atomic E-state index is -4.33. The third-order valence-corrected chi connectivity index (χ3v) is 1.81. The molecule has 0 atom stereocenters. The van der Waals surface area contributed by atoms with Crippen LogP contribution in [0.4, 0.5) is 13.2 Å². The van der Waals surface area contributed by atoms with E-state index in [0.717, 1.165) is 4.90 Å². The zero-order valence-corrected chi connectivity index (χ0v) is 8.81. The standard InChI is InChI=1S/C9H17F3N2O/c1-2-6-14(7-9(10,11)12)8(15)4-3-5-13/h2-7,13H2,1H3. The van der Waals surface area contributed by atoms with E-state index in [-0.39, 0.29) is 13.0 Å². The van der Waals surface area contributed by atoms with Gasteiger partial charge in [0, 0.05) is 13.0 Å². The van der Waals surface area contributed by atoms with E-state index < -0.39 is 18.6 Å². The highest BCUT2D eigenvalue weighted by Crippen LogP contribution is 2.17. The van der Waals surface area contributed by atoms with E-state index in [2.05, 4.69) is 0 Å². The Labute approximate surface area is 87.4 Å². The third-order valence-electron chi connectivity index (χ3n) is 1.81. The van der Waals surface area contributed by atoms with Gasteiger partial charge in [0.25, 0.3) is 0 Å². The Morgan fingerprint density at radius 2 is 2.00 bits per heavy atom. The number of carbonyl (C=O) groups is 1. The zero-order chi connectivity index (χ0) is 11.9. The minimum Gasteiger partial charge on any atom is -0.334 e. The molecule has 0 aromatic rings. The van der Waals surface area contributed by atoms with E-state index in [0.29, 0.717) is 19.4 Å². The van der Waals surface area contributed by atoms with Gasteiger partial charge in [-0.2, -0.15) is 13.2 Å². The summed E-state index contributed by atoms with van der Waals surface area (Å²) in [6.45, 7) is 1.03. The molecule has 3 nitrogen and oxygen atoms in total. The maximum atomic E-state index is 12.1. The quantitative estimate of drug-likeness (QED) is 0.746. The second-order valence-corrected chi connectivity index (χ2v) is 3.32. The molecule has 0 heterocycles. The van der Waals surface area contributed by atoms with Crippen LogP contribution >= 0.6 is 0 Å². The number of amides is 1. The van der Waals surface area contributed by atoms with Crippen LogP contribution in [0.5, 0.6) is 0 Å². The summed E-state index contributed by atoms with van der Waals surface area (Å²) in [6.07, 6.45) is -3.29. The molecule has 0 aromatic carbocycles. The van der Waals surface area contributed by atoms with Gasteiger partial charge in [0.2, 0.25) is 5.91 Å². The van der Waals surface area contributed by atoms with Gasteiger partial charge >= 0.3 is 6.18 Å². The zero-order valence-electron chi connectivity index (χ0n) is 8.81. The molecule has 0 bridgehead atoms. The molecule has 0 unspecified atom stereocenters. The SMILES string of the molecule is CCCN(CC(F)(F)F)C(=O)CCCN. The molecule has 0 aliphatic carbocycles. The molecule has 0 aliphatic heterocycles. The summed E-state index contributed by atoms with van der Waals surface area (Å²) in [6, 6.07) is 0. The van der Waals surface area contributed by atoms with Crippen LogP contribution in [0.3, 0.4) is 0 Å². The van der Waals surface area contributed by atoms with Crippen molar-refractivity contribution in [3.8, 4) is 0 Å². The van der Waals surface area contributed by atoms with Gasteiger partial charge in [-0.25, -0.2) is 0 Å². The lowest BCUT2D eigenvalue weighted by molar-refractivity contribution is -0.161.